The Morgan fingerprint density at radius 3 is 2.80 bits per heavy atom. The maximum absolute atomic E-state index is 11.8. The molecule has 7 heteroatoms. The van der Waals surface area contributed by atoms with Crippen molar-refractivity contribution in [2.75, 3.05) is 25.1 Å². The van der Waals surface area contributed by atoms with Gasteiger partial charge in [-0.2, -0.15) is 0 Å². The van der Waals surface area contributed by atoms with Gasteiger partial charge >= 0.3 is 6.03 Å². The largest absolute Gasteiger partial charge is 0.381 e. The molecule has 7 nitrogen and oxygen atoms in total. The number of anilines is 1. The van der Waals surface area contributed by atoms with Gasteiger partial charge in [-0.05, 0) is 24.2 Å². The number of ether oxygens (including phenoxy) is 1. The zero-order chi connectivity index (χ0) is 14.6. The summed E-state index contributed by atoms with van der Waals surface area (Å²) in [5.41, 5.74) is 0.0590. The van der Waals surface area contributed by atoms with Crippen LogP contribution in [0.5, 0.6) is 0 Å². The molecule has 2 amide bonds. The van der Waals surface area contributed by atoms with E-state index in [1.165, 1.54) is 0 Å². The summed E-state index contributed by atoms with van der Waals surface area (Å²) in [6.07, 6.45) is 3.77. The van der Waals surface area contributed by atoms with Crippen LogP contribution in [0.15, 0.2) is 6.20 Å². The molecule has 0 bridgehead atoms. The minimum absolute atomic E-state index is 0.0590. The van der Waals surface area contributed by atoms with Crippen LogP contribution < -0.4 is 10.6 Å². The van der Waals surface area contributed by atoms with E-state index in [1.54, 1.807) is 17.9 Å². The second-order valence-electron chi connectivity index (χ2n) is 5.96. The maximum atomic E-state index is 11.8. The summed E-state index contributed by atoms with van der Waals surface area (Å²) in [6.45, 7) is 6.64. The Bertz CT molecular complexity index is 451. The smallest absolute Gasteiger partial charge is 0.320 e. The highest BCUT2D eigenvalue weighted by molar-refractivity contribution is 5.87. The Morgan fingerprint density at radius 1 is 1.50 bits per heavy atom. The molecule has 1 aromatic rings. The molecule has 2 heterocycles. The lowest BCUT2D eigenvalue weighted by atomic mass is 9.74. The predicted octanol–water partition coefficient (Wildman–Crippen LogP) is 1.39. The second-order valence-corrected chi connectivity index (χ2v) is 5.96. The van der Waals surface area contributed by atoms with Crippen molar-refractivity contribution in [3.8, 4) is 0 Å². The Balaban J connectivity index is 1.79. The van der Waals surface area contributed by atoms with Crippen molar-refractivity contribution in [2.24, 2.45) is 18.4 Å². The van der Waals surface area contributed by atoms with E-state index in [2.05, 4.69) is 34.8 Å². The molecule has 2 N–H and O–H groups in total. The van der Waals surface area contributed by atoms with E-state index in [1.807, 2.05) is 0 Å². The summed E-state index contributed by atoms with van der Waals surface area (Å²) >= 11 is 0. The third-order valence-electron chi connectivity index (χ3n) is 3.88. The fraction of sp³-hybridized carbons (Fsp3) is 0.769. The lowest BCUT2D eigenvalue weighted by Gasteiger charge is -2.37. The van der Waals surface area contributed by atoms with Crippen molar-refractivity contribution in [2.45, 2.75) is 26.7 Å². The van der Waals surface area contributed by atoms with Gasteiger partial charge in [-0.25, -0.2) is 4.79 Å². The Labute approximate surface area is 119 Å². The molecule has 1 aliphatic heterocycles. The molecule has 1 aliphatic rings. The molecule has 2 rings (SSSR count). The Morgan fingerprint density at radius 2 is 2.20 bits per heavy atom. The first-order valence-corrected chi connectivity index (χ1v) is 6.96. The van der Waals surface area contributed by atoms with Crippen LogP contribution in [0.25, 0.3) is 0 Å². The Hall–Kier alpha value is -1.63. The van der Waals surface area contributed by atoms with Crippen molar-refractivity contribution in [3.05, 3.63) is 6.20 Å². The van der Waals surface area contributed by atoms with Crippen molar-refractivity contribution in [3.63, 3.8) is 0 Å². The van der Waals surface area contributed by atoms with Gasteiger partial charge in [0.1, 0.15) is 0 Å². The molecule has 0 unspecified atom stereocenters. The number of carbonyl (C=O) groups excluding carboxylic acids is 1. The van der Waals surface area contributed by atoms with Gasteiger partial charge < -0.3 is 10.1 Å². The van der Waals surface area contributed by atoms with Crippen LogP contribution in [0.1, 0.15) is 26.7 Å². The lowest BCUT2D eigenvalue weighted by molar-refractivity contribution is 0.0238. The standard InChI is InChI=1S/C13H23N5O2/c1-13(2,10-4-6-20-7-5-10)9-14-12(19)15-11-8-18(3)17-16-11/h8,10H,4-7,9H2,1-3H3,(H2,14,15,19). The molecule has 0 aliphatic carbocycles. The van der Waals surface area contributed by atoms with Gasteiger partial charge in [-0.15, -0.1) is 5.10 Å². The Kier molecular flexibility index (Phi) is 4.59. The first-order valence-electron chi connectivity index (χ1n) is 6.96. The van der Waals surface area contributed by atoms with E-state index in [-0.39, 0.29) is 11.4 Å². The zero-order valence-corrected chi connectivity index (χ0v) is 12.3. The number of nitrogens with zero attached hydrogens (tertiary/aromatic N) is 3. The van der Waals surface area contributed by atoms with Crippen LogP contribution >= 0.6 is 0 Å². The average Bonchev–Trinajstić information content (AvgIpc) is 2.83. The normalized spacial score (nSPS) is 16.9. The van der Waals surface area contributed by atoms with Crippen LogP contribution in [-0.4, -0.2) is 40.8 Å². The zero-order valence-electron chi connectivity index (χ0n) is 12.3. The van der Waals surface area contributed by atoms with Crippen LogP contribution in [0, 0.1) is 11.3 Å². The fourth-order valence-corrected chi connectivity index (χ4v) is 2.50. The van der Waals surface area contributed by atoms with Gasteiger partial charge in [0.15, 0.2) is 5.82 Å². The highest BCUT2D eigenvalue weighted by Crippen LogP contribution is 2.33. The van der Waals surface area contributed by atoms with E-state index >= 15 is 0 Å². The van der Waals surface area contributed by atoms with E-state index in [0.717, 1.165) is 26.1 Å². The minimum Gasteiger partial charge on any atom is -0.381 e. The quantitative estimate of drug-likeness (QED) is 0.874. The summed E-state index contributed by atoms with van der Waals surface area (Å²) in [5, 5.41) is 13.2. The number of carbonyl (C=O) groups is 1. The van der Waals surface area contributed by atoms with Crippen LogP contribution in [0.3, 0.4) is 0 Å². The third kappa shape index (κ3) is 3.93. The highest BCUT2D eigenvalue weighted by atomic mass is 16.5. The van der Waals surface area contributed by atoms with E-state index in [9.17, 15) is 4.79 Å². The molecule has 0 saturated carbocycles. The molecule has 1 aromatic heterocycles. The van der Waals surface area contributed by atoms with Gasteiger partial charge in [0, 0.05) is 26.8 Å². The van der Waals surface area contributed by atoms with E-state index < -0.39 is 0 Å². The summed E-state index contributed by atoms with van der Waals surface area (Å²) in [6, 6.07) is -0.245. The number of hydrogen-bond donors (Lipinski definition) is 2. The number of amides is 2. The second kappa shape index (κ2) is 6.21. The first-order chi connectivity index (χ1) is 9.47. The first kappa shape index (κ1) is 14.8. The van der Waals surface area contributed by atoms with Crippen molar-refractivity contribution < 1.29 is 9.53 Å². The van der Waals surface area contributed by atoms with Gasteiger partial charge in [0.2, 0.25) is 0 Å². The minimum atomic E-state index is -0.245. The van der Waals surface area contributed by atoms with Crippen LogP contribution in [0.4, 0.5) is 10.6 Å². The van der Waals surface area contributed by atoms with E-state index in [0.29, 0.717) is 18.3 Å². The number of hydrogen-bond acceptors (Lipinski definition) is 4. The van der Waals surface area contributed by atoms with Gasteiger partial charge in [0.25, 0.3) is 0 Å². The van der Waals surface area contributed by atoms with Gasteiger partial charge in [0.05, 0.1) is 6.20 Å². The lowest BCUT2D eigenvalue weighted by Crippen LogP contribution is -2.42. The van der Waals surface area contributed by atoms with Crippen molar-refractivity contribution in [1.29, 1.82) is 0 Å². The molecule has 0 spiro atoms. The summed E-state index contributed by atoms with van der Waals surface area (Å²) in [4.78, 5) is 11.8. The topological polar surface area (TPSA) is 81.1 Å². The molecule has 1 saturated heterocycles. The third-order valence-corrected chi connectivity index (χ3v) is 3.88. The van der Waals surface area contributed by atoms with E-state index in [4.69, 9.17) is 4.74 Å². The van der Waals surface area contributed by atoms with Crippen molar-refractivity contribution in [1.82, 2.24) is 20.3 Å². The van der Waals surface area contributed by atoms with Crippen LogP contribution in [0.2, 0.25) is 0 Å². The SMILES string of the molecule is Cn1cc(NC(=O)NCC(C)(C)C2CCOCC2)nn1. The molecule has 0 radical (unpaired) electrons. The fourth-order valence-electron chi connectivity index (χ4n) is 2.50. The average molecular weight is 281 g/mol. The molecule has 0 atom stereocenters. The molecular formula is C13H23N5O2. The van der Waals surface area contributed by atoms with Gasteiger partial charge in [-0.1, -0.05) is 19.1 Å². The van der Waals surface area contributed by atoms with Crippen LogP contribution in [-0.2, 0) is 11.8 Å². The van der Waals surface area contributed by atoms with Gasteiger partial charge in [-0.3, -0.25) is 10.00 Å². The summed E-state index contributed by atoms with van der Waals surface area (Å²) in [5.74, 6) is 1.03. The number of nitrogens with one attached hydrogen (secondary N) is 2. The molecule has 1 fully saturated rings. The molecule has 112 valence electrons. The monoisotopic (exact) mass is 281 g/mol. The maximum Gasteiger partial charge on any atom is 0.320 e. The number of rotatable bonds is 4. The summed E-state index contributed by atoms with van der Waals surface area (Å²) < 4.78 is 6.93. The van der Waals surface area contributed by atoms with Crippen molar-refractivity contribution >= 4 is 11.8 Å². The number of urea groups is 1. The number of aryl methyl sites for hydroxylation is 1. The molecule has 20 heavy (non-hydrogen) atoms. The summed E-state index contributed by atoms with van der Waals surface area (Å²) in [7, 11) is 1.75. The number of aromatic nitrogens is 3. The molecular weight excluding hydrogens is 258 g/mol. The predicted molar refractivity (Wildman–Crippen MR) is 75.3 cm³/mol. The highest BCUT2D eigenvalue weighted by Gasteiger charge is 2.31. The molecule has 0 aromatic carbocycles.